The summed E-state index contributed by atoms with van der Waals surface area (Å²) in [4.78, 5) is 32.8. The summed E-state index contributed by atoms with van der Waals surface area (Å²) in [5.41, 5.74) is 11.9. The molecule has 0 spiro atoms. The maximum Gasteiger partial charge on any atom is 0.241 e. The molecule has 12 heteroatoms. The van der Waals surface area contributed by atoms with Gasteiger partial charge in [-0.15, -0.1) is 34.0 Å². The fourth-order valence-electron chi connectivity index (χ4n) is 10.7. The van der Waals surface area contributed by atoms with Gasteiger partial charge in [0.15, 0.2) is 0 Å². The lowest BCUT2D eigenvalue weighted by molar-refractivity contribution is 0.850. The molecule has 16 aromatic rings. The van der Waals surface area contributed by atoms with E-state index < -0.39 is 0 Å². The van der Waals surface area contributed by atoms with Crippen molar-refractivity contribution in [1.29, 1.82) is 0 Å². The van der Waals surface area contributed by atoms with Crippen molar-refractivity contribution in [2.75, 3.05) is 0 Å². The Morgan fingerprint density at radius 3 is 0.833 bits per heavy atom. The zero-order valence-electron chi connectivity index (χ0n) is 37.8. The molecule has 0 aliphatic heterocycles. The van der Waals surface area contributed by atoms with E-state index in [1.54, 1.807) is 34.0 Å². The molecule has 7 heterocycles. The third-order valence-corrected chi connectivity index (χ3v) is 17.2. The van der Waals surface area contributed by atoms with Gasteiger partial charge < -0.3 is 0 Å². The Balaban J connectivity index is 1.06. The van der Waals surface area contributed by atoms with Crippen LogP contribution >= 0.6 is 34.0 Å². The topological polar surface area (TPSA) is 92.1 Å². The number of hydrogen-bond donors (Lipinski definition) is 0. The van der Waals surface area contributed by atoms with Crippen molar-refractivity contribution < 1.29 is 0 Å². The Morgan fingerprint density at radius 2 is 0.528 bits per heavy atom. The Morgan fingerprint density at radius 1 is 0.250 bits per heavy atom. The molecule has 0 aliphatic rings. The fourth-order valence-corrected chi connectivity index (χ4v) is 14.0. The van der Waals surface area contributed by atoms with Crippen molar-refractivity contribution in [3.05, 3.63) is 200 Å². The van der Waals surface area contributed by atoms with E-state index in [-0.39, 0.29) is 0 Å². The van der Waals surface area contributed by atoms with Crippen LogP contribution in [0.2, 0.25) is 0 Å². The first-order valence-electron chi connectivity index (χ1n) is 23.6. The van der Waals surface area contributed by atoms with Crippen LogP contribution in [0.5, 0.6) is 0 Å². The molecular weight excluding hydrogens is 943 g/mol. The van der Waals surface area contributed by atoms with Gasteiger partial charge in [-0.1, -0.05) is 146 Å². The smallest absolute Gasteiger partial charge is 0.241 e. The van der Waals surface area contributed by atoms with Gasteiger partial charge in [0.25, 0.3) is 0 Å². The van der Waals surface area contributed by atoms with Crippen molar-refractivity contribution in [3.8, 4) is 49.6 Å². The summed E-state index contributed by atoms with van der Waals surface area (Å²) in [6.45, 7) is 0. The van der Waals surface area contributed by atoms with Crippen LogP contribution in [0.25, 0.3) is 146 Å². The number of benzene rings is 9. The summed E-state index contributed by atoms with van der Waals surface area (Å²) in [6.07, 6.45) is 0. The molecule has 0 fully saturated rings. The third-order valence-electron chi connectivity index (χ3n) is 13.8. The van der Waals surface area contributed by atoms with Crippen LogP contribution in [0.4, 0.5) is 0 Å². The minimum atomic E-state index is 0.489. The third kappa shape index (κ3) is 5.79. The van der Waals surface area contributed by atoms with Crippen molar-refractivity contribution in [2.45, 2.75) is 0 Å². The molecule has 336 valence electrons. The maximum atomic E-state index is 5.69. The zero-order chi connectivity index (χ0) is 47.0. The van der Waals surface area contributed by atoms with Crippen LogP contribution in [-0.4, -0.2) is 43.6 Å². The quantitative estimate of drug-likeness (QED) is 0.165. The Kier molecular flexibility index (Phi) is 8.46. The predicted octanol–water partition coefficient (Wildman–Crippen LogP) is 16.0. The summed E-state index contributed by atoms with van der Waals surface area (Å²) in [5.74, 6) is 1.47. The number of nitrogens with zero attached hydrogens (tertiary/aromatic N) is 9. The van der Waals surface area contributed by atoms with E-state index in [0.29, 0.717) is 17.8 Å². The lowest BCUT2D eigenvalue weighted by atomic mass is 10.1. The highest BCUT2D eigenvalue weighted by Gasteiger charge is 2.27. The van der Waals surface area contributed by atoms with E-state index in [9.17, 15) is 0 Å². The standard InChI is InChI=1S/C60H33N9S3/c1-4-16-34(17-5-1)55-61-43-31-28-40-37-22-10-13-25-46(37)67(49(40)52(43)70-55)58-64-59(68-47-26-14-11-23-38(47)41-29-32-44-53(50(41)68)71-56(62-44)35-18-6-2-7-19-35)66-60(65-58)69-48-27-15-12-24-39(48)42-30-33-45-54(51(42)69)72-57(63-45)36-20-8-3-9-21-36/h1-33H. The first-order chi connectivity index (χ1) is 35.7. The van der Waals surface area contributed by atoms with Crippen LogP contribution < -0.4 is 0 Å². The lowest BCUT2D eigenvalue weighted by Crippen LogP contribution is -2.13. The van der Waals surface area contributed by atoms with Gasteiger partial charge >= 0.3 is 0 Å². The van der Waals surface area contributed by atoms with Crippen LogP contribution in [0, 0.1) is 0 Å². The number of thiazole rings is 3. The highest BCUT2D eigenvalue weighted by Crippen LogP contribution is 2.45. The van der Waals surface area contributed by atoms with Crippen molar-refractivity contribution in [2.24, 2.45) is 0 Å². The predicted molar refractivity (Wildman–Crippen MR) is 299 cm³/mol. The first-order valence-corrected chi connectivity index (χ1v) is 26.1. The monoisotopic (exact) mass is 975 g/mol. The molecule has 0 aliphatic carbocycles. The molecule has 0 saturated carbocycles. The van der Waals surface area contributed by atoms with Crippen LogP contribution in [0.15, 0.2) is 200 Å². The van der Waals surface area contributed by atoms with E-state index in [2.05, 4.69) is 196 Å². The van der Waals surface area contributed by atoms with Gasteiger partial charge in [0.2, 0.25) is 17.8 Å². The molecule has 72 heavy (non-hydrogen) atoms. The molecule has 0 bridgehead atoms. The second kappa shape index (κ2) is 15.3. The van der Waals surface area contributed by atoms with Gasteiger partial charge in [-0.25, -0.2) is 15.0 Å². The number of hydrogen-bond acceptors (Lipinski definition) is 9. The molecule has 9 nitrogen and oxygen atoms in total. The molecule has 0 amide bonds. The number of para-hydroxylation sites is 3. The van der Waals surface area contributed by atoms with E-state index in [1.807, 2.05) is 18.2 Å². The largest absolute Gasteiger partial charge is 0.276 e. The van der Waals surface area contributed by atoms with E-state index in [1.165, 1.54) is 0 Å². The SMILES string of the molecule is c1ccc(-c2nc3ccc4c5ccccc5n(-c5nc(-n6c7ccccc7c7ccc8nc(-c9ccccc9)sc8c76)nc(-n6c7ccccc7c7ccc8nc(-c9ccccc9)sc8c76)n5)c4c3s2)cc1. The first kappa shape index (κ1) is 39.9. The molecule has 7 aromatic heterocycles. The number of rotatable bonds is 6. The van der Waals surface area contributed by atoms with Crippen LogP contribution in [0.1, 0.15) is 0 Å². The summed E-state index contributed by atoms with van der Waals surface area (Å²) in [6, 6.07) is 70.0. The van der Waals surface area contributed by atoms with Crippen LogP contribution in [0.3, 0.4) is 0 Å². The summed E-state index contributed by atoms with van der Waals surface area (Å²) in [7, 11) is 0. The minimum absolute atomic E-state index is 0.489. The van der Waals surface area contributed by atoms with Gasteiger partial charge in [0.05, 0.1) is 63.8 Å². The van der Waals surface area contributed by atoms with Gasteiger partial charge in [0, 0.05) is 49.0 Å². The molecule has 0 atom stereocenters. The fraction of sp³-hybridized carbons (Fsp3) is 0. The van der Waals surface area contributed by atoms with Crippen molar-refractivity contribution in [1.82, 2.24) is 43.6 Å². The molecule has 0 saturated heterocycles. The number of fused-ring (bicyclic) bond motifs is 15. The van der Waals surface area contributed by atoms with E-state index in [0.717, 1.165) is 128 Å². The van der Waals surface area contributed by atoms with Crippen molar-refractivity contribution >= 4 is 130 Å². The maximum absolute atomic E-state index is 5.69. The zero-order valence-corrected chi connectivity index (χ0v) is 40.3. The number of aromatic nitrogens is 9. The van der Waals surface area contributed by atoms with Gasteiger partial charge in [0.1, 0.15) is 15.0 Å². The average molecular weight is 976 g/mol. The Labute approximate surface area is 420 Å². The molecule has 0 unspecified atom stereocenters. The average Bonchev–Trinajstić information content (AvgIpc) is 4.31. The van der Waals surface area contributed by atoms with Gasteiger partial charge in [-0.05, 0) is 54.6 Å². The van der Waals surface area contributed by atoms with Gasteiger partial charge in [-0.2, -0.15) is 15.0 Å². The highest BCUT2D eigenvalue weighted by molar-refractivity contribution is 7.23. The molecule has 16 rings (SSSR count). The molecule has 9 aromatic carbocycles. The van der Waals surface area contributed by atoms with E-state index >= 15 is 0 Å². The molecule has 0 radical (unpaired) electrons. The summed E-state index contributed by atoms with van der Waals surface area (Å²) < 4.78 is 9.88. The highest BCUT2D eigenvalue weighted by atomic mass is 32.1. The Hall–Kier alpha value is -8.94. The van der Waals surface area contributed by atoms with Crippen molar-refractivity contribution in [3.63, 3.8) is 0 Å². The minimum Gasteiger partial charge on any atom is -0.276 e. The Bertz CT molecular complexity index is 4370. The lowest BCUT2D eigenvalue weighted by Gasteiger charge is -2.14. The molecular formula is C60H33N9S3. The van der Waals surface area contributed by atoms with E-state index in [4.69, 9.17) is 29.9 Å². The summed E-state index contributed by atoms with van der Waals surface area (Å²) >= 11 is 5.08. The molecule has 0 N–H and O–H groups in total. The second-order valence-electron chi connectivity index (χ2n) is 17.9. The second-order valence-corrected chi connectivity index (χ2v) is 20.9. The van der Waals surface area contributed by atoms with Gasteiger partial charge in [-0.3, -0.25) is 13.7 Å². The normalized spacial score (nSPS) is 12.2. The van der Waals surface area contributed by atoms with Crippen LogP contribution in [-0.2, 0) is 0 Å². The summed E-state index contributed by atoms with van der Waals surface area (Å²) in [5, 5.41) is 9.44.